The summed E-state index contributed by atoms with van der Waals surface area (Å²) < 4.78 is 11.2. The van der Waals surface area contributed by atoms with E-state index in [0.717, 1.165) is 43.9 Å². The van der Waals surface area contributed by atoms with E-state index in [9.17, 15) is 4.79 Å². The molecule has 7 nitrogen and oxygen atoms in total. The lowest BCUT2D eigenvalue weighted by Gasteiger charge is -2.14. The Labute approximate surface area is 185 Å². The predicted molar refractivity (Wildman–Crippen MR) is 123 cm³/mol. The molecule has 1 aromatic carbocycles. The minimum absolute atomic E-state index is 0. The number of nitrogens with zero attached hydrogens (tertiary/aromatic N) is 2. The summed E-state index contributed by atoms with van der Waals surface area (Å²) in [5.41, 5.74) is 1.83. The molecule has 2 rings (SSSR count). The van der Waals surface area contributed by atoms with Gasteiger partial charge in [-0.15, -0.1) is 24.0 Å². The quantitative estimate of drug-likeness (QED) is 0.233. The number of hydrogen-bond acceptors (Lipinski definition) is 4. The van der Waals surface area contributed by atoms with Gasteiger partial charge in [0.1, 0.15) is 0 Å². The number of amides is 1. The molecular weight excluding hydrogens is 471 g/mol. The Bertz CT molecular complexity index is 619. The van der Waals surface area contributed by atoms with Crippen LogP contribution in [0.15, 0.2) is 29.3 Å². The highest BCUT2D eigenvalue weighted by atomic mass is 127. The number of halogens is 1. The summed E-state index contributed by atoms with van der Waals surface area (Å²) in [7, 11) is 5.27. The Kier molecular flexibility index (Phi) is 12.1. The maximum atomic E-state index is 12.0. The highest BCUT2D eigenvalue weighted by Gasteiger charge is 2.15. The van der Waals surface area contributed by atoms with E-state index in [2.05, 4.69) is 15.6 Å². The zero-order chi connectivity index (χ0) is 19.5. The van der Waals surface area contributed by atoms with Crippen LogP contribution < -0.4 is 10.6 Å². The van der Waals surface area contributed by atoms with Gasteiger partial charge < -0.3 is 25.0 Å². The van der Waals surface area contributed by atoms with Crippen LogP contribution in [0, 0.1) is 0 Å². The molecule has 0 aromatic heterocycles. The molecule has 1 fully saturated rings. The summed E-state index contributed by atoms with van der Waals surface area (Å²) in [6, 6.07) is 7.74. The SMILES string of the molecule is CN=C(NCCOCC1CCCO1)NCCc1cccc(C(=O)N(C)C)c1.I. The molecule has 0 bridgehead atoms. The lowest BCUT2D eigenvalue weighted by atomic mass is 10.1. The average molecular weight is 504 g/mol. The van der Waals surface area contributed by atoms with E-state index in [1.807, 2.05) is 24.3 Å². The van der Waals surface area contributed by atoms with Gasteiger partial charge in [-0.2, -0.15) is 0 Å². The molecule has 28 heavy (non-hydrogen) atoms. The Hall–Kier alpha value is -1.39. The van der Waals surface area contributed by atoms with E-state index < -0.39 is 0 Å². The fourth-order valence-electron chi connectivity index (χ4n) is 2.90. The first-order chi connectivity index (χ1) is 13.1. The van der Waals surface area contributed by atoms with Gasteiger partial charge in [-0.25, -0.2) is 0 Å². The van der Waals surface area contributed by atoms with Crippen molar-refractivity contribution >= 4 is 35.8 Å². The van der Waals surface area contributed by atoms with Crippen molar-refractivity contribution in [1.29, 1.82) is 0 Å². The van der Waals surface area contributed by atoms with Crippen LogP contribution in [0.25, 0.3) is 0 Å². The molecular formula is C20H33IN4O3. The maximum Gasteiger partial charge on any atom is 0.253 e. The minimum Gasteiger partial charge on any atom is -0.377 e. The van der Waals surface area contributed by atoms with Crippen LogP contribution in [0.3, 0.4) is 0 Å². The number of rotatable bonds is 9. The molecule has 1 aliphatic rings. The Morgan fingerprint density at radius 1 is 1.32 bits per heavy atom. The van der Waals surface area contributed by atoms with Gasteiger partial charge in [0, 0.05) is 46.4 Å². The number of carbonyl (C=O) groups is 1. The number of benzene rings is 1. The van der Waals surface area contributed by atoms with Gasteiger partial charge in [0.05, 0.1) is 19.3 Å². The smallest absolute Gasteiger partial charge is 0.253 e. The molecule has 2 N–H and O–H groups in total. The van der Waals surface area contributed by atoms with E-state index in [0.29, 0.717) is 25.3 Å². The van der Waals surface area contributed by atoms with Gasteiger partial charge in [0.2, 0.25) is 0 Å². The second-order valence-corrected chi connectivity index (χ2v) is 6.79. The summed E-state index contributed by atoms with van der Waals surface area (Å²) in [5.74, 6) is 0.765. The van der Waals surface area contributed by atoms with E-state index >= 15 is 0 Å². The number of aliphatic imine (C=N–C) groups is 1. The van der Waals surface area contributed by atoms with Crippen LogP contribution in [0.2, 0.25) is 0 Å². The first-order valence-electron chi connectivity index (χ1n) is 9.54. The third-order valence-corrected chi connectivity index (χ3v) is 4.38. The summed E-state index contributed by atoms with van der Waals surface area (Å²) in [6.45, 7) is 3.56. The first kappa shape index (κ1) is 24.6. The molecule has 0 saturated carbocycles. The number of nitrogens with one attached hydrogen (secondary N) is 2. The van der Waals surface area contributed by atoms with Crippen molar-refractivity contribution in [3.63, 3.8) is 0 Å². The molecule has 0 spiro atoms. The topological polar surface area (TPSA) is 75.2 Å². The van der Waals surface area contributed by atoms with Crippen molar-refractivity contribution in [1.82, 2.24) is 15.5 Å². The molecule has 158 valence electrons. The van der Waals surface area contributed by atoms with E-state index in [4.69, 9.17) is 9.47 Å². The fourth-order valence-corrected chi connectivity index (χ4v) is 2.90. The molecule has 1 atom stereocenters. The maximum absolute atomic E-state index is 12.0. The van der Waals surface area contributed by atoms with Gasteiger partial charge in [-0.3, -0.25) is 9.79 Å². The molecule has 1 aromatic rings. The highest BCUT2D eigenvalue weighted by Crippen LogP contribution is 2.11. The zero-order valence-electron chi connectivity index (χ0n) is 17.1. The van der Waals surface area contributed by atoms with Crippen molar-refractivity contribution in [2.45, 2.75) is 25.4 Å². The van der Waals surface area contributed by atoms with Crippen LogP contribution >= 0.6 is 24.0 Å². The Balaban J connectivity index is 0.00000392. The second kappa shape index (κ2) is 13.7. The summed E-state index contributed by atoms with van der Waals surface area (Å²) >= 11 is 0. The second-order valence-electron chi connectivity index (χ2n) is 6.79. The molecule has 1 heterocycles. The van der Waals surface area contributed by atoms with E-state index in [-0.39, 0.29) is 36.0 Å². The largest absolute Gasteiger partial charge is 0.377 e. The van der Waals surface area contributed by atoms with Gasteiger partial charge in [0.25, 0.3) is 5.91 Å². The van der Waals surface area contributed by atoms with Gasteiger partial charge in [0.15, 0.2) is 5.96 Å². The molecule has 8 heteroatoms. The number of ether oxygens (including phenoxy) is 2. The van der Waals surface area contributed by atoms with E-state index in [1.165, 1.54) is 0 Å². The van der Waals surface area contributed by atoms with Crippen LogP contribution in [0.5, 0.6) is 0 Å². The number of guanidine groups is 1. The predicted octanol–water partition coefficient (Wildman–Crippen LogP) is 1.91. The molecule has 1 aliphatic heterocycles. The third-order valence-electron chi connectivity index (χ3n) is 4.38. The average Bonchev–Trinajstić information content (AvgIpc) is 3.19. The molecule has 0 radical (unpaired) electrons. The first-order valence-corrected chi connectivity index (χ1v) is 9.54. The van der Waals surface area contributed by atoms with Crippen molar-refractivity contribution in [2.75, 3.05) is 54.1 Å². The van der Waals surface area contributed by atoms with Gasteiger partial charge >= 0.3 is 0 Å². The zero-order valence-corrected chi connectivity index (χ0v) is 19.4. The third kappa shape index (κ3) is 8.74. The molecule has 1 saturated heterocycles. The van der Waals surface area contributed by atoms with Gasteiger partial charge in [-0.1, -0.05) is 12.1 Å². The van der Waals surface area contributed by atoms with Crippen molar-refractivity contribution in [3.8, 4) is 0 Å². The van der Waals surface area contributed by atoms with Crippen LogP contribution in [-0.2, 0) is 15.9 Å². The number of hydrogen-bond donors (Lipinski definition) is 2. The molecule has 1 amide bonds. The molecule has 1 unspecified atom stereocenters. The van der Waals surface area contributed by atoms with Crippen molar-refractivity contribution < 1.29 is 14.3 Å². The standard InChI is InChI=1S/C20H32N4O3.HI/c1-21-20(23-11-13-26-15-18-8-5-12-27-18)22-10-9-16-6-4-7-17(14-16)19(25)24(2)3;/h4,6-7,14,18H,5,8-13,15H2,1-3H3,(H2,21,22,23);1H. The summed E-state index contributed by atoms with van der Waals surface area (Å²) in [4.78, 5) is 17.8. The van der Waals surface area contributed by atoms with Gasteiger partial charge in [-0.05, 0) is 37.0 Å². The fraction of sp³-hybridized carbons (Fsp3) is 0.600. The highest BCUT2D eigenvalue weighted by molar-refractivity contribution is 14.0. The Morgan fingerprint density at radius 2 is 2.11 bits per heavy atom. The van der Waals surface area contributed by atoms with Crippen LogP contribution in [0.4, 0.5) is 0 Å². The van der Waals surface area contributed by atoms with Crippen LogP contribution in [-0.4, -0.2) is 76.9 Å². The normalized spacial score (nSPS) is 16.4. The molecule has 0 aliphatic carbocycles. The summed E-state index contributed by atoms with van der Waals surface area (Å²) in [5, 5.41) is 6.52. The lowest BCUT2D eigenvalue weighted by molar-refractivity contribution is 0.0191. The Morgan fingerprint density at radius 3 is 2.79 bits per heavy atom. The van der Waals surface area contributed by atoms with Crippen molar-refractivity contribution in [2.24, 2.45) is 4.99 Å². The number of carbonyl (C=O) groups excluding carboxylic acids is 1. The minimum atomic E-state index is 0. The van der Waals surface area contributed by atoms with Crippen LogP contribution in [0.1, 0.15) is 28.8 Å². The van der Waals surface area contributed by atoms with E-state index in [1.54, 1.807) is 26.0 Å². The lowest BCUT2D eigenvalue weighted by Crippen LogP contribution is -2.40. The summed E-state index contributed by atoms with van der Waals surface area (Å²) in [6.07, 6.45) is 3.30. The monoisotopic (exact) mass is 504 g/mol. The van der Waals surface area contributed by atoms with Crippen molar-refractivity contribution in [3.05, 3.63) is 35.4 Å².